The van der Waals surface area contributed by atoms with Gasteiger partial charge in [0.05, 0.1) is 24.3 Å². The van der Waals surface area contributed by atoms with Crippen molar-refractivity contribution in [2.75, 3.05) is 23.1 Å². The third-order valence-corrected chi connectivity index (χ3v) is 4.96. The number of H-pyrrole nitrogens is 1. The Morgan fingerprint density at radius 3 is 2.71 bits per heavy atom. The van der Waals surface area contributed by atoms with Crippen LogP contribution in [0.2, 0.25) is 5.02 Å². The minimum atomic E-state index is -1.03. The molecular formula is C21H18ClN5O4. The molecule has 2 heterocycles. The standard InChI is InChI=1S/C21H18ClN5O4/c1-31-15-8-7-11(22)9-14(15)24-19(29)13-10-16(28)25-18-17(13)20(30)27-21(26-18)23-12-5-3-2-4-6-12/h2-9,13H,10H2,1H3,(H,24,29)(H3,23,25,26,27,28,30). The van der Waals surface area contributed by atoms with Crippen molar-refractivity contribution in [2.45, 2.75) is 12.3 Å². The quantitative estimate of drug-likeness (QED) is 0.483. The predicted molar refractivity (Wildman–Crippen MR) is 117 cm³/mol. The number of methoxy groups -OCH3 is 1. The summed E-state index contributed by atoms with van der Waals surface area (Å²) in [5, 5.41) is 8.62. The summed E-state index contributed by atoms with van der Waals surface area (Å²) in [4.78, 5) is 45.0. The molecule has 2 aromatic carbocycles. The van der Waals surface area contributed by atoms with E-state index >= 15 is 0 Å². The molecule has 31 heavy (non-hydrogen) atoms. The molecule has 0 fully saturated rings. The van der Waals surface area contributed by atoms with Gasteiger partial charge in [0.25, 0.3) is 5.56 Å². The van der Waals surface area contributed by atoms with E-state index in [0.717, 1.165) is 0 Å². The van der Waals surface area contributed by atoms with E-state index in [2.05, 4.69) is 25.9 Å². The van der Waals surface area contributed by atoms with Crippen LogP contribution < -0.4 is 26.2 Å². The number of rotatable bonds is 5. The van der Waals surface area contributed by atoms with E-state index in [4.69, 9.17) is 16.3 Å². The van der Waals surface area contributed by atoms with Crippen molar-refractivity contribution >= 4 is 46.6 Å². The Labute approximate surface area is 181 Å². The van der Waals surface area contributed by atoms with Crippen LogP contribution in [0, 0.1) is 0 Å². The van der Waals surface area contributed by atoms with E-state index in [1.807, 2.05) is 18.2 Å². The summed E-state index contributed by atoms with van der Waals surface area (Å²) in [7, 11) is 1.46. The number of benzene rings is 2. The van der Waals surface area contributed by atoms with Gasteiger partial charge in [0, 0.05) is 17.1 Å². The first-order valence-corrected chi connectivity index (χ1v) is 9.73. The number of halogens is 1. The highest BCUT2D eigenvalue weighted by Crippen LogP contribution is 2.33. The van der Waals surface area contributed by atoms with Crippen LogP contribution in [0.25, 0.3) is 0 Å². The lowest BCUT2D eigenvalue weighted by Gasteiger charge is -2.24. The fourth-order valence-electron chi connectivity index (χ4n) is 3.31. The molecule has 1 unspecified atom stereocenters. The van der Waals surface area contributed by atoms with E-state index in [0.29, 0.717) is 22.1 Å². The zero-order valence-corrected chi connectivity index (χ0v) is 17.1. The van der Waals surface area contributed by atoms with Crippen LogP contribution in [0.1, 0.15) is 17.9 Å². The number of carbonyl (C=O) groups excluding carboxylic acids is 2. The summed E-state index contributed by atoms with van der Waals surface area (Å²) in [5.41, 5.74) is 0.590. The van der Waals surface area contributed by atoms with Crippen molar-refractivity contribution in [1.29, 1.82) is 0 Å². The summed E-state index contributed by atoms with van der Waals surface area (Å²) >= 11 is 6.01. The molecule has 4 rings (SSSR count). The van der Waals surface area contributed by atoms with Crippen molar-refractivity contribution in [3.8, 4) is 5.75 Å². The second-order valence-corrected chi connectivity index (χ2v) is 7.24. The van der Waals surface area contributed by atoms with Gasteiger partial charge in [-0.25, -0.2) is 0 Å². The van der Waals surface area contributed by atoms with Crippen molar-refractivity contribution in [2.24, 2.45) is 0 Å². The van der Waals surface area contributed by atoms with Crippen LogP contribution in [-0.4, -0.2) is 28.9 Å². The number of hydrogen-bond donors (Lipinski definition) is 4. The van der Waals surface area contributed by atoms with Crippen LogP contribution >= 0.6 is 11.6 Å². The van der Waals surface area contributed by atoms with Gasteiger partial charge in [-0.2, -0.15) is 4.98 Å². The van der Waals surface area contributed by atoms with Crippen LogP contribution in [-0.2, 0) is 9.59 Å². The fraction of sp³-hybridized carbons (Fsp3) is 0.143. The van der Waals surface area contributed by atoms with Gasteiger partial charge in [-0.15, -0.1) is 0 Å². The number of hydrogen-bond acceptors (Lipinski definition) is 6. The lowest BCUT2D eigenvalue weighted by molar-refractivity contribution is -0.123. The molecule has 0 bridgehead atoms. The maximum atomic E-state index is 13.0. The third-order valence-electron chi connectivity index (χ3n) is 4.72. The number of ether oxygens (including phenoxy) is 1. The number of aromatic nitrogens is 2. The summed E-state index contributed by atoms with van der Waals surface area (Å²) in [6.45, 7) is 0. The number of fused-ring (bicyclic) bond motifs is 1. The second-order valence-electron chi connectivity index (χ2n) is 6.81. The van der Waals surface area contributed by atoms with Crippen LogP contribution in [0.15, 0.2) is 53.3 Å². The number of aromatic amines is 1. The number of nitrogens with one attached hydrogen (secondary N) is 4. The molecule has 1 atom stereocenters. The fourth-order valence-corrected chi connectivity index (χ4v) is 3.48. The first-order chi connectivity index (χ1) is 14.9. The summed E-state index contributed by atoms with van der Waals surface area (Å²) in [6.07, 6.45) is -0.196. The van der Waals surface area contributed by atoms with E-state index in [1.165, 1.54) is 13.2 Å². The lowest BCUT2D eigenvalue weighted by Crippen LogP contribution is -2.36. The molecule has 10 heteroatoms. The molecule has 3 aromatic rings. The Morgan fingerprint density at radius 1 is 1.19 bits per heavy atom. The van der Waals surface area contributed by atoms with Gasteiger partial charge in [-0.1, -0.05) is 29.8 Å². The highest BCUT2D eigenvalue weighted by Gasteiger charge is 2.35. The normalized spacial score (nSPS) is 14.9. The highest BCUT2D eigenvalue weighted by molar-refractivity contribution is 6.31. The Balaban J connectivity index is 1.66. The molecule has 1 aliphatic rings. The number of carbonyl (C=O) groups is 2. The topological polar surface area (TPSA) is 125 Å². The maximum absolute atomic E-state index is 13.0. The zero-order valence-electron chi connectivity index (χ0n) is 16.4. The lowest BCUT2D eigenvalue weighted by atomic mass is 9.92. The maximum Gasteiger partial charge on any atom is 0.258 e. The molecule has 0 spiro atoms. The Morgan fingerprint density at radius 2 is 1.97 bits per heavy atom. The summed E-state index contributed by atoms with van der Waals surface area (Å²) in [5.74, 6) is -1.42. The number of anilines is 4. The van der Waals surface area contributed by atoms with E-state index in [-0.39, 0.29) is 23.8 Å². The highest BCUT2D eigenvalue weighted by atomic mass is 35.5. The monoisotopic (exact) mass is 439 g/mol. The Bertz CT molecular complexity index is 1210. The average molecular weight is 440 g/mol. The first-order valence-electron chi connectivity index (χ1n) is 9.35. The van der Waals surface area contributed by atoms with Gasteiger partial charge < -0.3 is 20.7 Å². The molecule has 4 N–H and O–H groups in total. The van der Waals surface area contributed by atoms with E-state index in [9.17, 15) is 14.4 Å². The second kappa shape index (κ2) is 8.49. The molecule has 158 valence electrons. The van der Waals surface area contributed by atoms with Crippen molar-refractivity contribution < 1.29 is 14.3 Å². The minimum absolute atomic E-state index is 0.0386. The molecular weight excluding hydrogens is 422 g/mol. The molecule has 0 saturated carbocycles. The minimum Gasteiger partial charge on any atom is -0.495 e. The van der Waals surface area contributed by atoms with Gasteiger partial charge in [-0.3, -0.25) is 19.4 Å². The van der Waals surface area contributed by atoms with Gasteiger partial charge in [0.15, 0.2) is 0 Å². The molecule has 0 radical (unpaired) electrons. The third kappa shape index (κ3) is 4.36. The van der Waals surface area contributed by atoms with E-state index < -0.39 is 23.3 Å². The van der Waals surface area contributed by atoms with Gasteiger partial charge >= 0.3 is 0 Å². The van der Waals surface area contributed by atoms with Crippen molar-refractivity contribution in [3.63, 3.8) is 0 Å². The zero-order chi connectivity index (χ0) is 22.0. The number of nitrogens with zero attached hydrogens (tertiary/aromatic N) is 1. The largest absolute Gasteiger partial charge is 0.495 e. The number of para-hydroxylation sites is 1. The summed E-state index contributed by atoms with van der Waals surface area (Å²) in [6, 6.07) is 13.9. The summed E-state index contributed by atoms with van der Waals surface area (Å²) < 4.78 is 5.23. The molecule has 0 aliphatic carbocycles. The van der Waals surface area contributed by atoms with Crippen molar-refractivity contribution in [1.82, 2.24) is 9.97 Å². The molecule has 1 aromatic heterocycles. The molecule has 1 aliphatic heterocycles. The smallest absolute Gasteiger partial charge is 0.258 e. The SMILES string of the molecule is COc1ccc(Cl)cc1NC(=O)C1CC(=O)Nc2nc(Nc3ccccc3)[nH]c(=O)c21. The van der Waals surface area contributed by atoms with E-state index in [1.54, 1.807) is 24.3 Å². The predicted octanol–water partition coefficient (Wildman–Crippen LogP) is 3.24. The number of amides is 2. The van der Waals surface area contributed by atoms with Crippen LogP contribution in [0.3, 0.4) is 0 Å². The van der Waals surface area contributed by atoms with Gasteiger partial charge in [0.1, 0.15) is 11.6 Å². The average Bonchev–Trinajstić information content (AvgIpc) is 2.73. The first kappa shape index (κ1) is 20.4. The van der Waals surface area contributed by atoms with Crippen LogP contribution in [0.5, 0.6) is 5.75 Å². The van der Waals surface area contributed by atoms with Gasteiger partial charge in [-0.05, 0) is 30.3 Å². The Kier molecular flexibility index (Phi) is 5.59. The van der Waals surface area contributed by atoms with Gasteiger partial charge in [0.2, 0.25) is 17.8 Å². The van der Waals surface area contributed by atoms with Crippen molar-refractivity contribution in [3.05, 3.63) is 69.5 Å². The Hall–Kier alpha value is -3.85. The van der Waals surface area contributed by atoms with Crippen LogP contribution in [0.4, 0.5) is 23.1 Å². The molecule has 2 amide bonds. The molecule has 9 nitrogen and oxygen atoms in total. The molecule has 0 saturated heterocycles.